The number of carbonyl (C=O) groups is 3. The van der Waals surface area contributed by atoms with Crippen molar-refractivity contribution >= 4 is 29.0 Å². The molecule has 0 aromatic heterocycles. The Morgan fingerprint density at radius 1 is 0.884 bits per heavy atom. The van der Waals surface area contributed by atoms with E-state index < -0.39 is 11.8 Å². The van der Waals surface area contributed by atoms with Crippen molar-refractivity contribution in [3.8, 4) is 0 Å². The summed E-state index contributed by atoms with van der Waals surface area (Å²) < 4.78 is 14.6. The molecule has 0 saturated heterocycles. The molecule has 0 unspecified atom stereocenters. The Kier molecular flexibility index (Phi) is 16.2. The molecule has 0 aliphatic heterocycles. The molecule has 0 aliphatic rings. The van der Waals surface area contributed by atoms with Crippen molar-refractivity contribution in [3.05, 3.63) is 69.7 Å². The normalized spacial score (nSPS) is 13.4. The highest BCUT2D eigenvalue weighted by atomic mass is 19.1. The number of nitrogens with one attached hydrogen (secondary N) is 3. The van der Waals surface area contributed by atoms with E-state index in [4.69, 9.17) is 0 Å². The average molecular weight is 598 g/mol. The molecule has 240 valence electrons. The summed E-state index contributed by atoms with van der Waals surface area (Å²) in [5.74, 6) is -0.405. The van der Waals surface area contributed by atoms with E-state index in [9.17, 15) is 18.8 Å². The number of allylic oxidation sites excluding steroid dienone is 8. The Balaban J connectivity index is 0.00000150. The largest absolute Gasteiger partial charge is 0.356 e. The predicted molar refractivity (Wildman–Crippen MR) is 180 cm³/mol. The van der Waals surface area contributed by atoms with Gasteiger partial charge in [0.05, 0.1) is 0 Å². The Morgan fingerprint density at radius 3 is 1.93 bits per heavy atom. The van der Waals surface area contributed by atoms with Gasteiger partial charge in [-0.15, -0.1) is 0 Å². The van der Waals surface area contributed by atoms with Crippen LogP contribution < -0.4 is 16.0 Å². The molecule has 1 aromatic carbocycles. The minimum Gasteiger partial charge on any atom is -0.356 e. The maximum absolute atomic E-state index is 14.6. The van der Waals surface area contributed by atoms with Gasteiger partial charge in [-0.25, -0.2) is 9.18 Å². The van der Waals surface area contributed by atoms with Gasteiger partial charge in [0.25, 0.3) is 0 Å². The number of ketones is 1. The molecule has 1 rings (SSSR count). The summed E-state index contributed by atoms with van der Waals surface area (Å²) in [6, 6.07) is 2.52. The molecule has 0 saturated carbocycles. The number of halogens is 1. The highest BCUT2D eigenvalue weighted by Gasteiger charge is 2.20. The molecule has 1 aromatic rings. The zero-order valence-corrected chi connectivity index (χ0v) is 29.1. The molecule has 3 N–H and O–H groups in total. The van der Waals surface area contributed by atoms with Crippen LogP contribution in [0.25, 0.3) is 5.57 Å². The van der Waals surface area contributed by atoms with Gasteiger partial charge in [0.1, 0.15) is 5.82 Å². The molecule has 7 heteroatoms. The first-order valence-corrected chi connectivity index (χ1v) is 15.1. The van der Waals surface area contributed by atoms with Crippen molar-refractivity contribution in [3.63, 3.8) is 0 Å². The third-order valence-corrected chi connectivity index (χ3v) is 7.05. The van der Waals surface area contributed by atoms with Crippen LogP contribution in [0, 0.1) is 23.6 Å². The van der Waals surface area contributed by atoms with E-state index in [1.165, 1.54) is 18.6 Å². The summed E-state index contributed by atoms with van der Waals surface area (Å²) >= 11 is 0. The van der Waals surface area contributed by atoms with Crippen LogP contribution in [0.1, 0.15) is 114 Å². The van der Waals surface area contributed by atoms with Gasteiger partial charge in [0, 0.05) is 28.9 Å². The van der Waals surface area contributed by atoms with Crippen molar-refractivity contribution in [2.75, 3.05) is 11.9 Å². The highest BCUT2D eigenvalue weighted by Crippen LogP contribution is 2.27. The number of hydrogen-bond acceptors (Lipinski definition) is 3. The van der Waals surface area contributed by atoms with Gasteiger partial charge in [0.2, 0.25) is 5.91 Å². The summed E-state index contributed by atoms with van der Waals surface area (Å²) in [6.45, 7) is 27.6. The minimum atomic E-state index is -0.536. The second-order valence-corrected chi connectivity index (χ2v) is 13.1. The fraction of sp³-hybridized carbons (Fsp3) is 0.528. The number of Topliss-reactive ketones (excluding diaryl/α,β-unsaturated/α-hetero) is 1. The smallest absolute Gasteiger partial charge is 0.323 e. The minimum absolute atomic E-state index is 0.102. The summed E-state index contributed by atoms with van der Waals surface area (Å²) in [7, 11) is 0. The molecule has 0 radical (unpaired) electrons. The standard InChI is InChI=1S/C28H39FN2O2.C8H17NO/c1-11-17(2)12-13-18(3)24-15-23(16-26(29)20(24)5)31-27(33)30-21(6)25(22(7)32)14-19(4)28(8,9)10;1-5-6-9-7(10)8(2,3)4/h12-16H,11H2,1-10H3,(H2,30,31,33);5-6H2,1-4H3,(H,9,10)/b17-12+,18-13+,19-14+,25-21-;. The lowest BCUT2D eigenvalue weighted by atomic mass is 9.86. The lowest BCUT2D eigenvalue weighted by molar-refractivity contribution is -0.128. The van der Waals surface area contributed by atoms with E-state index in [1.807, 2.05) is 66.7 Å². The molecule has 3 amide bonds. The van der Waals surface area contributed by atoms with E-state index in [1.54, 1.807) is 19.9 Å². The molecule has 6 nitrogen and oxygen atoms in total. The van der Waals surface area contributed by atoms with Crippen LogP contribution >= 0.6 is 0 Å². The van der Waals surface area contributed by atoms with Gasteiger partial charge in [-0.3, -0.25) is 9.59 Å². The molecule has 43 heavy (non-hydrogen) atoms. The van der Waals surface area contributed by atoms with Crippen molar-refractivity contribution < 1.29 is 18.8 Å². The van der Waals surface area contributed by atoms with Crippen LogP contribution in [0.4, 0.5) is 14.9 Å². The van der Waals surface area contributed by atoms with Crippen LogP contribution in [0.2, 0.25) is 0 Å². The highest BCUT2D eigenvalue weighted by molar-refractivity contribution is 5.98. The Bertz CT molecular complexity index is 1270. The Labute approximate surface area is 260 Å². The first kappa shape index (κ1) is 39.5. The number of benzene rings is 1. The van der Waals surface area contributed by atoms with Crippen LogP contribution in [-0.4, -0.2) is 24.3 Å². The molecule has 0 aliphatic carbocycles. The monoisotopic (exact) mass is 597 g/mol. The quantitative estimate of drug-likeness (QED) is 0.196. The number of anilines is 1. The second kappa shape index (κ2) is 17.6. The SMILES string of the molecule is CC/C(C)=C/C=C(\C)c1cc(NC(=O)N/C(C)=C(/C=C(\C)C(C)(C)C)C(C)=O)cc(F)c1C.CCCNC(=O)C(C)(C)C. The maximum atomic E-state index is 14.6. The van der Waals surface area contributed by atoms with Crippen molar-refractivity contribution in [1.29, 1.82) is 0 Å². The van der Waals surface area contributed by atoms with Crippen molar-refractivity contribution in [2.45, 2.75) is 110 Å². The molecule has 0 heterocycles. The van der Waals surface area contributed by atoms with Gasteiger partial charge >= 0.3 is 6.03 Å². The molecule has 0 spiro atoms. The third kappa shape index (κ3) is 14.5. The predicted octanol–water partition coefficient (Wildman–Crippen LogP) is 9.43. The van der Waals surface area contributed by atoms with Gasteiger partial charge in [0.15, 0.2) is 5.78 Å². The van der Waals surface area contributed by atoms with Gasteiger partial charge < -0.3 is 16.0 Å². The van der Waals surface area contributed by atoms with Crippen LogP contribution in [0.3, 0.4) is 0 Å². The zero-order valence-electron chi connectivity index (χ0n) is 29.1. The topological polar surface area (TPSA) is 87.3 Å². The van der Waals surface area contributed by atoms with E-state index in [0.29, 0.717) is 22.5 Å². The Morgan fingerprint density at radius 2 is 1.47 bits per heavy atom. The number of urea groups is 1. The number of amides is 3. The van der Waals surface area contributed by atoms with Crippen molar-refractivity contribution in [2.24, 2.45) is 10.8 Å². The summed E-state index contributed by atoms with van der Waals surface area (Å²) in [5.41, 5.74) is 5.27. The Hall–Kier alpha value is -3.48. The lowest BCUT2D eigenvalue weighted by Gasteiger charge is -2.20. The molecular formula is C36H56FN3O3. The molecule has 0 fully saturated rings. The van der Waals surface area contributed by atoms with Crippen molar-refractivity contribution in [1.82, 2.24) is 10.6 Å². The fourth-order valence-corrected chi connectivity index (χ4v) is 3.45. The fourth-order valence-electron chi connectivity index (χ4n) is 3.45. The number of hydrogen-bond donors (Lipinski definition) is 3. The van der Waals surface area contributed by atoms with Gasteiger partial charge in [-0.05, 0) is 88.6 Å². The molecular weight excluding hydrogens is 541 g/mol. The summed E-state index contributed by atoms with van der Waals surface area (Å²) in [5, 5.41) is 8.24. The number of rotatable bonds is 9. The first-order chi connectivity index (χ1) is 19.6. The van der Waals surface area contributed by atoms with Crippen LogP contribution in [-0.2, 0) is 9.59 Å². The van der Waals surface area contributed by atoms with E-state index >= 15 is 0 Å². The van der Waals surface area contributed by atoms with Gasteiger partial charge in [-0.2, -0.15) is 0 Å². The molecule has 0 bridgehead atoms. The van der Waals surface area contributed by atoms with Gasteiger partial charge in [-0.1, -0.05) is 84.8 Å². The zero-order chi connectivity index (χ0) is 33.7. The summed E-state index contributed by atoms with van der Waals surface area (Å²) in [4.78, 5) is 35.9. The molecule has 0 atom stereocenters. The van der Waals surface area contributed by atoms with E-state index in [0.717, 1.165) is 36.1 Å². The summed E-state index contributed by atoms with van der Waals surface area (Å²) in [6.07, 6.45) is 7.73. The van der Waals surface area contributed by atoms with E-state index in [-0.39, 0.29) is 22.5 Å². The second-order valence-electron chi connectivity index (χ2n) is 13.1. The van der Waals surface area contributed by atoms with Crippen LogP contribution in [0.5, 0.6) is 0 Å². The average Bonchev–Trinajstić information content (AvgIpc) is 2.89. The third-order valence-electron chi connectivity index (χ3n) is 7.05. The number of carbonyl (C=O) groups excluding carboxylic acids is 3. The lowest BCUT2D eigenvalue weighted by Crippen LogP contribution is -2.35. The maximum Gasteiger partial charge on any atom is 0.323 e. The van der Waals surface area contributed by atoms with Crippen LogP contribution in [0.15, 0.2) is 52.8 Å². The van der Waals surface area contributed by atoms with E-state index in [2.05, 4.69) is 43.6 Å². The first-order valence-electron chi connectivity index (χ1n) is 15.1.